The SMILES string of the molecule is CCN(CC)CCNC(=O)c1c(C)[nH]c(/C=C2\CN(CC)c3cc(N4CCN(C(C)=O)CC4)c(F)cc3C2=O)c1C. The number of H-pyrrole nitrogens is 1. The zero-order valence-corrected chi connectivity index (χ0v) is 25.2. The second-order valence-corrected chi connectivity index (χ2v) is 10.8. The minimum Gasteiger partial charge on any atom is -0.367 e. The summed E-state index contributed by atoms with van der Waals surface area (Å²) in [5.74, 6) is -0.773. The van der Waals surface area contributed by atoms with Crippen LogP contribution in [-0.2, 0) is 4.79 Å². The number of ketones is 1. The molecule has 10 heteroatoms. The molecule has 222 valence electrons. The quantitative estimate of drug-likeness (QED) is 0.451. The van der Waals surface area contributed by atoms with Crippen molar-refractivity contribution in [2.75, 3.05) is 75.2 Å². The fraction of sp³-hybridized carbons (Fsp3) is 0.516. The lowest BCUT2D eigenvalue weighted by Gasteiger charge is -2.37. The van der Waals surface area contributed by atoms with Crippen LogP contribution in [0.2, 0.25) is 0 Å². The van der Waals surface area contributed by atoms with E-state index in [1.54, 1.807) is 24.0 Å². The number of benzene rings is 1. The van der Waals surface area contributed by atoms with E-state index in [4.69, 9.17) is 0 Å². The second kappa shape index (κ2) is 12.9. The number of amides is 2. The molecule has 0 spiro atoms. The maximum Gasteiger partial charge on any atom is 0.253 e. The third-order valence-electron chi connectivity index (χ3n) is 8.38. The van der Waals surface area contributed by atoms with E-state index in [-0.39, 0.29) is 17.6 Å². The number of likely N-dealkylation sites (N-methyl/N-ethyl adjacent to an activating group) is 2. The Morgan fingerprint density at radius 3 is 2.37 bits per heavy atom. The van der Waals surface area contributed by atoms with Gasteiger partial charge in [0.25, 0.3) is 5.91 Å². The zero-order valence-electron chi connectivity index (χ0n) is 25.2. The molecule has 1 saturated heterocycles. The number of aromatic amines is 1. The zero-order chi connectivity index (χ0) is 29.8. The summed E-state index contributed by atoms with van der Waals surface area (Å²) in [5, 5.41) is 3.02. The van der Waals surface area contributed by atoms with Gasteiger partial charge in [0, 0.05) is 81.8 Å². The van der Waals surface area contributed by atoms with Crippen molar-refractivity contribution in [3.8, 4) is 0 Å². The molecule has 2 N–H and O–H groups in total. The van der Waals surface area contributed by atoms with Crippen molar-refractivity contribution >= 4 is 35.0 Å². The lowest BCUT2D eigenvalue weighted by Crippen LogP contribution is -2.48. The van der Waals surface area contributed by atoms with Gasteiger partial charge in [0.2, 0.25) is 5.91 Å². The van der Waals surface area contributed by atoms with Crippen molar-refractivity contribution in [2.24, 2.45) is 0 Å². The van der Waals surface area contributed by atoms with Crippen molar-refractivity contribution in [3.63, 3.8) is 0 Å². The van der Waals surface area contributed by atoms with Gasteiger partial charge in [-0.15, -0.1) is 0 Å². The van der Waals surface area contributed by atoms with Crippen LogP contribution in [0.1, 0.15) is 65.4 Å². The highest BCUT2D eigenvalue weighted by Gasteiger charge is 2.31. The number of nitrogens with one attached hydrogen (secondary N) is 2. The van der Waals surface area contributed by atoms with Gasteiger partial charge in [-0.2, -0.15) is 0 Å². The van der Waals surface area contributed by atoms with E-state index in [0.717, 1.165) is 30.9 Å². The fourth-order valence-corrected chi connectivity index (χ4v) is 5.82. The van der Waals surface area contributed by atoms with Gasteiger partial charge in [0.05, 0.1) is 16.9 Å². The molecule has 2 amide bonds. The van der Waals surface area contributed by atoms with Gasteiger partial charge in [-0.25, -0.2) is 4.39 Å². The average Bonchev–Trinajstić information content (AvgIpc) is 3.24. The first-order valence-corrected chi connectivity index (χ1v) is 14.6. The first-order chi connectivity index (χ1) is 19.6. The van der Waals surface area contributed by atoms with Crippen molar-refractivity contribution in [3.05, 3.63) is 51.6 Å². The van der Waals surface area contributed by atoms with E-state index in [9.17, 15) is 14.4 Å². The molecule has 41 heavy (non-hydrogen) atoms. The Kier molecular flexibility index (Phi) is 9.53. The molecule has 1 aromatic carbocycles. The number of rotatable bonds is 9. The molecule has 0 aliphatic carbocycles. The summed E-state index contributed by atoms with van der Waals surface area (Å²) in [6, 6.07) is 3.12. The van der Waals surface area contributed by atoms with Crippen LogP contribution in [-0.4, -0.2) is 97.8 Å². The highest BCUT2D eigenvalue weighted by Crippen LogP contribution is 2.36. The lowest BCUT2D eigenvalue weighted by molar-refractivity contribution is -0.129. The molecule has 0 bridgehead atoms. The first-order valence-electron chi connectivity index (χ1n) is 14.6. The molecular formula is C31H43FN6O3. The van der Waals surface area contributed by atoms with E-state index in [1.165, 1.54) is 6.07 Å². The maximum absolute atomic E-state index is 15.4. The Balaban J connectivity index is 1.57. The highest BCUT2D eigenvalue weighted by atomic mass is 19.1. The fourth-order valence-electron chi connectivity index (χ4n) is 5.82. The van der Waals surface area contributed by atoms with Crippen molar-refractivity contribution in [2.45, 2.75) is 41.5 Å². The molecule has 0 radical (unpaired) electrons. The largest absolute Gasteiger partial charge is 0.367 e. The predicted octanol–water partition coefficient (Wildman–Crippen LogP) is 3.62. The van der Waals surface area contributed by atoms with Crippen LogP contribution in [0.3, 0.4) is 0 Å². The molecule has 2 aliphatic heterocycles. The van der Waals surface area contributed by atoms with Crippen LogP contribution in [0.25, 0.3) is 6.08 Å². The Labute approximate surface area is 242 Å². The molecule has 0 unspecified atom stereocenters. The van der Waals surface area contributed by atoms with Crippen LogP contribution in [0.15, 0.2) is 17.7 Å². The first kappa shape index (κ1) is 30.3. The maximum atomic E-state index is 15.4. The summed E-state index contributed by atoms with van der Waals surface area (Å²) in [7, 11) is 0. The van der Waals surface area contributed by atoms with Crippen molar-refractivity contribution < 1.29 is 18.8 Å². The van der Waals surface area contributed by atoms with Crippen LogP contribution in [0.4, 0.5) is 15.8 Å². The number of hydrogen-bond donors (Lipinski definition) is 2. The minimum absolute atomic E-state index is 0.0215. The number of Topliss-reactive ketones (excluding diaryl/α,β-unsaturated/α-hetero) is 1. The van der Waals surface area contributed by atoms with Gasteiger partial charge >= 0.3 is 0 Å². The summed E-state index contributed by atoms with van der Waals surface area (Å²) in [4.78, 5) is 49.7. The Morgan fingerprint density at radius 1 is 1.07 bits per heavy atom. The van der Waals surface area contributed by atoms with Gasteiger partial charge < -0.3 is 29.9 Å². The molecule has 2 aromatic rings. The molecule has 1 fully saturated rings. The number of carbonyl (C=O) groups is 3. The summed E-state index contributed by atoms with van der Waals surface area (Å²) in [6.45, 7) is 17.9. The highest BCUT2D eigenvalue weighted by molar-refractivity contribution is 6.17. The number of nitrogens with zero attached hydrogens (tertiary/aromatic N) is 4. The number of halogens is 1. The number of aryl methyl sites for hydroxylation is 1. The van der Waals surface area contributed by atoms with Gasteiger partial charge in [0.15, 0.2) is 5.78 Å². The van der Waals surface area contributed by atoms with E-state index in [1.807, 2.05) is 25.7 Å². The monoisotopic (exact) mass is 566 g/mol. The van der Waals surface area contributed by atoms with Gasteiger partial charge in [-0.05, 0) is 57.6 Å². The molecule has 2 aliphatic rings. The molecule has 3 heterocycles. The number of fused-ring (bicyclic) bond motifs is 1. The van der Waals surface area contributed by atoms with Gasteiger partial charge in [0.1, 0.15) is 5.82 Å². The summed E-state index contributed by atoms with van der Waals surface area (Å²) in [5.41, 5.74) is 4.87. The number of anilines is 2. The predicted molar refractivity (Wildman–Crippen MR) is 161 cm³/mol. The third kappa shape index (κ3) is 6.32. The number of hydrogen-bond acceptors (Lipinski definition) is 6. The standard InChI is InChI=1S/C31H43FN6O3/c1-7-35(8-2)11-10-33-31(41)29-20(4)26(34-21(29)5)16-23-19-36(9-3)27-18-28(25(32)17-24(27)30(23)40)38-14-12-37(13-15-38)22(6)39/h16-18,34H,7-15,19H2,1-6H3,(H,33,41)/b23-16+. The van der Waals surface area contributed by atoms with Crippen LogP contribution in [0.5, 0.6) is 0 Å². The summed E-state index contributed by atoms with van der Waals surface area (Å²) < 4.78 is 15.4. The Hall–Kier alpha value is -3.66. The topological polar surface area (TPSA) is 92.0 Å². The molecule has 1 aromatic heterocycles. The molecule has 0 saturated carbocycles. The van der Waals surface area contributed by atoms with E-state index in [0.29, 0.717) is 79.6 Å². The van der Waals surface area contributed by atoms with Crippen LogP contribution < -0.4 is 15.1 Å². The van der Waals surface area contributed by atoms with Crippen LogP contribution in [0, 0.1) is 19.7 Å². The Morgan fingerprint density at radius 2 is 1.76 bits per heavy atom. The Bertz CT molecular complexity index is 1340. The second-order valence-electron chi connectivity index (χ2n) is 10.8. The van der Waals surface area contributed by atoms with Crippen molar-refractivity contribution in [1.82, 2.24) is 20.1 Å². The summed E-state index contributed by atoms with van der Waals surface area (Å²) in [6.07, 6.45) is 1.80. The van der Waals surface area contributed by atoms with Gasteiger partial charge in [-0.3, -0.25) is 14.4 Å². The smallest absolute Gasteiger partial charge is 0.253 e. The van der Waals surface area contributed by atoms with E-state index >= 15 is 4.39 Å². The van der Waals surface area contributed by atoms with E-state index in [2.05, 4.69) is 33.9 Å². The number of aromatic nitrogens is 1. The number of carbonyl (C=O) groups excluding carboxylic acids is 3. The molecule has 0 atom stereocenters. The minimum atomic E-state index is -0.443. The van der Waals surface area contributed by atoms with Gasteiger partial charge in [-0.1, -0.05) is 13.8 Å². The van der Waals surface area contributed by atoms with Crippen LogP contribution >= 0.6 is 0 Å². The normalized spacial score (nSPS) is 16.5. The molecule has 4 rings (SSSR count). The molecule has 9 nitrogen and oxygen atoms in total. The van der Waals surface area contributed by atoms with Crippen molar-refractivity contribution in [1.29, 1.82) is 0 Å². The average molecular weight is 567 g/mol. The third-order valence-corrected chi connectivity index (χ3v) is 8.38. The lowest BCUT2D eigenvalue weighted by atomic mass is 9.93. The van der Waals surface area contributed by atoms with E-state index < -0.39 is 5.82 Å². The number of piperazine rings is 1. The molecular weight excluding hydrogens is 523 g/mol. The summed E-state index contributed by atoms with van der Waals surface area (Å²) >= 11 is 0.